The average Bonchev–Trinajstić information content (AvgIpc) is 2.84. The molecular weight excluding hydrogens is 530 g/mol. The van der Waals surface area contributed by atoms with E-state index in [4.69, 9.17) is 15.2 Å². The molecule has 0 unspecified atom stereocenters. The number of carbonyl (C=O) groups excluding carboxylic acids is 2. The molecule has 36 heavy (non-hydrogen) atoms. The minimum atomic E-state index is -1.00. The smallest absolute Gasteiger partial charge is 0.434 e. The van der Waals surface area contributed by atoms with E-state index in [0.717, 1.165) is 24.6 Å². The van der Waals surface area contributed by atoms with Crippen LogP contribution in [0.15, 0.2) is 24.3 Å². The predicted molar refractivity (Wildman–Crippen MR) is 143 cm³/mol. The fourth-order valence-electron chi connectivity index (χ4n) is 4.00. The predicted octanol–water partition coefficient (Wildman–Crippen LogP) is 7.17. The van der Waals surface area contributed by atoms with Crippen molar-refractivity contribution in [1.82, 2.24) is 4.98 Å². The van der Waals surface area contributed by atoms with Gasteiger partial charge >= 0.3 is 6.16 Å². The van der Waals surface area contributed by atoms with Crippen molar-refractivity contribution in [3.05, 3.63) is 45.6 Å². The standard InChI is InChI=1S/C26H34BrN3O6/c1-3-35-26(32)36-24-23(19-13-12-14-20(17-19)30(33)34)22(18(2)29-25(24)28)21(31)15-10-8-6-4-5-7-9-11-16-27/h12-14,17H,3-11,15-16H2,1-2H3,(H2,28,29). The van der Waals surface area contributed by atoms with Gasteiger partial charge in [-0.1, -0.05) is 66.6 Å². The third-order valence-electron chi connectivity index (χ3n) is 5.72. The van der Waals surface area contributed by atoms with Gasteiger partial charge in [-0.3, -0.25) is 14.9 Å². The number of ether oxygens (including phenoxy) is 2. The second-order valence-electron chi connectivity index (χ2n) is 8.44. The molecule has 0 aliphatic heterocycles. The molecule has 1 aromatic heterocycles. The molecule has 2 N–H and O–H groups in total. The van der Waals surface area contributed by atoms with Crippen molar-refractivity contribution < 1.29 is 24.0 Å². The number of ketones is 1. The van der Waals surface area contributed by atoms with Crippen LogP contribution in [0.1, 0.15) is 80.8 Å². The van der Waals surface area contributed by atoms with Gasteiger partial charge in [0.15, 0.2) is 17.4 Å². The third kappa shape index (κ3) is 8.58. The fourth-order valence-corrected chi connectivity index (χ4v) is 4.40. The van der Waals surface area contributed by atoms with Crippen LogP contribution in [0.25, 0.3) is 11.1 Å². The number of hydrogen-bond donors (Lipinski definition) is 1. The summed E-state index contributed by atoms with van der Waals surface area (Å²) in [5.41, 5.74) is 7.04. The molecule has 0 spiro atoms. The molecule has 2 aromatic rings. The number of unbranched alkanes of at least 4 members (excludes halogenated alkanes) is 7. The van der Waals surface area contributed by atoms with E-state index in [1.807, 2.05) is 0 Å². The summed E-state index contributed by atoms with van der Waals surface area (Å²) in [5.74, 6) is -0.447. The number of benzene rings is 1. The molecule has 10 heteroatoms. The Morgan fingerprint density at radius 3 is 2.33 bits per heavy atom. The van der Waals surface area contributed by atoms with E-state index in [1.54, 1.807) is 19.9 Å². The minimum Gasteiger partial charge on any atom is -0.434 e. The van der Waals surface area contributed by atoms with Gasteiger partial charge in [0.2, 0.25) is 0 Å². The van der Waals surface area contributed by atoms with E-state index in [1.165, 1.54) is 43.9 Å². The maximum Gasteiger partial charge on any atom is 0.513 e. The Kier molecular flexibility index (Phi) is 12.3. The fraction of sp³-hybridized carbons (Fsp3) is 0.500. The number of nitrogen functional groups attached to an aromatic ring is 1. The SMILES string of the molecule is CCOC(=O)Oc1c(N)nc(C)c(C(=O)CCCCCCCCCCBr)c1-c1cccc([N+](=O)[O-])c1. The van der Waals surface area contributed by atoms with Crippen molar-refractivity contribution in [1.29, 1.82) is 0 Å². The number of pyridine rings is 1. The van der Waals surface area contributed by atoms with Gasteiger partial charge in [-0.05, 0) is 32.3 Å². The van der Waals surface area contributed by atoms with Crippen LogP contribution < -0.4 is 10.5 Å². The van der Waals surface area contributed by atoms with E-state index in [2.05, 4.69) is 20.9 Å². The summed E-state index contributed by atoms with van der Waals surface area (Å²) in [5, 5.41) is 12.4. The number of anilines is 1. The summed E-state index contributed by atoms with van der Waals surface area (Å²) in [6, 6.07) is 5.76. The summed E-state index contributed by atoms with van der Waals surface area (Å²) in [6.07, 6.45) is 7.90. The van der Waals surface area contributed by atoms with E-state index in [0.29, 0.717) is 17.7 Å². The third-order valence-corrected chi connectivity index (χ3v) is 6.28. The van der Waals surface area contributed by atoms with Crippen LogP contribution in [0.3, 0.4) is 0 Å². The number of Topliss-reactive ketones (excluding diaryl/α,β-unsaturated/α-hetero) is 1. The molecule has 0 aliphatic rings. The zero-order valence-electron chi connectivity index (χ0n) is 20.9. The number of carbonyl (C=O) groups is 2. The summed E-state index contributed by atoms with van der Waals surface area (Å²) >= 11 is 3.44. The second-order valence-corrected chi connectivity index (χ2v) is 9.24. The Morgan fingerprint density at radius 2 is 1.72 bits per heavy atom. The number of non-ortho nitro benzene ring substituents is 1. The van der Waals surface area contributed by atoms with Gasteiger partial charge in [0.1, 0.15) is 0 Å². The molecular formula is C26H34BrN3O6. The molecule has 196 valence electrons. The maximum absolute atomic E-state index is 13.4. The van der Waals surface area contributed by atoms with Crippen molar-refractivity contribution in [3.63, 3.8) is 0 Å². The number of alkyl halides is 1. The van der Waals surface area contributed by atoms with Gasteiger partial charge in [-0.15, -0.1) is 0 Å². The molecule has 0 fully saturated rings. The first-order valence-electron chi connectivity index (χ1n) is 12.3. The Morgan fingerprint density at radius 1 is 1.08 bits per heavy atom. The Hall–Kier alpha value is -3.01. The zero-order chi connectivity index (χ0) is 26.5. The second kappa shape index (κ2) is 15.2. The minimum absolute atomic E-state index is 0.0759. The molecule has 0 amide bonds. The lowest BCUT2D eigenvalue weighted by Crippen LogP contribution is -2.16. The number of rotatable bonds is 15. The van der Waals surface area contributed by atoms with E-state index in [-0.39, 0.29) is 47.2 Å². The summed E-state index contributed by atoms with van der Waals surface area (Å²) in [4.78, 5) is 40.6. The van der Waals surface area contributed by atoms with Crippen LogP contribution in [-0.4, -0.2) is 33.8 Å². The van der Waals surface area contributed by atoms with Crippen molar-refractivity contribution >= 4 is 39.4 Å². The number of nitrogens with two attached hydrogens (primary N) is 1. The van der Waals surface area contributed by atoms with Crippen LogP contribution in [0, 0.1) is 17.0 Å². The van der Waals surface area contributed by atoms with Crippen molar-refractivity contribution in [2.45, 2.75) is 71.6 Å². The first-order chi connectivity index (χ1) is 17.3. The van der Waals surface area contributed by atoms with Gasteiger partial charge in [0.25, 0.3) is 5.69 Å². The Bertz CT molecular complexity index is 1060. The molecule has 0 radical (unpaired) electrons. The highest BCUT2D eigenvalue weighted by atomic mass is 79.9. The Balaban J connectivity index is 2.30. The highest BCUT2D eigenvalue weighted by Gasteiger charge is 2.26. The number of hydrogen-bond acceptors (Lipinski definition) is 8. The lowest BCUT2D eigenvalue weighted by molar-refractivity contribution is -0.384. The highest BCUT2D eigenvalue weighted by molar-refractivity contribution is 9.09. The quantitative estimate of drug-likeness (QED) is 0.0601. The molecule has 2 rings (SSSR count). The van der Waals surface area contributed by atoms with Crippen molar-refractivity contribution in [3.8, 4) is 16.9 Å². The van der Waals surface area contributed by atoms with Gasteiger partial charge in [0, 0.05) is 29.4 Å². The molecule has 0 atom stereocenters. The topological polar surface area (TPSA) is 135 Å². The number of aromatic nitrogens is 1. The lowest BCUT2D eigenvalue weighted by atomic mass is 9.92. The van der Waals surface area contributed by atoms with Crippen LogP contribution >= 0.6 is 15.9 Å². The van der Waals surface area contributed by atoms with Gasteiger partial charge in [0.05, 0.1) is 22.8 Å². The van der Waals surface area contributed by atoms with Crippen LogP contribution in [0.5, 0.6) is 5.75 Å². The molecule has 1 heterocycles. The van der Waals surface area contributed by atoms with Crippen molar-refractivity contribution in [2.75, 3.05) is 17.7 Å². The first kappa shape index (κ1) is 29.2. The van der Waals surface area contributed by atoms with Gasteiger partial charge < -0.3 is 15.2 Å². The Labute approximate surface area is 220 Å². The van der Waals surface area contributed by atoms with E-state index >= 15 is 0 Å². The zero-order valence-corrected chi connectivity index (χ0v) is 22.5. The van der Waals surface area contributed by atoms with E-state index in [9.17, 15) is 19.7 Å². The number of nitro benzene ring substituents is 1. The molecule has 9 nitrogen and oxygen atoms in total. The summed E-state index contributed by atoms with van der Waals surface area (Å²) in [7, 11) is 0. The first-order valence-corrected chi connectivity index (χ1v) is 13.4. The molecule has 1 aromatic carbocycles. The maximum atomic E-state index is 13.4. The largest absolute Gasteiger partial charge is 0.513 e. The van der Waals surface area contributed by atoms with Crippen LogP contribution in [-0.2, 0) is 4.74 Å². The van der Waals surface area contributed by atoms with Gasteiger partial charge in [-0.2, -0.15) is 0 Å². The number of nitrogens with zero attached hydrogens (tertiary/aromatic N) is 2. The normalized spacial score (nSPS) is 10.8. The summed E-state index contributed by atoms with van der Waals surface area (Å²) in [6.45, 7) is 3.34. The number of halogens is 1. The molecule has 0 bridgehead atoms. The van der Waals surface area contributed by atoms with Crippen molar-refractivity contribution in [2.24, 2.45) is 0 Å². The van der Waals surface area contributed by atoms with Crippen LogP contribution in [0.2, 0.25) is 0 Å². The molecule has 0 saturated carbocycles. The lowest BCUT2D eigenvalue weighted by Gasteiger charge is -2.18. The monoisotopic (exact) mass is 563 g/mol. The highest BCUT2D eigenvalue weighted by Crippen LogP contribution is 2.40. The van der Waals surface area contributed by atoms with Crippen LogP contribution in [0.4, 0.5) is 16.3 Å². The number of nitro groups is 1. The number of aryl methyl sites for hydroxylation is 1. The van der Waals surface area contributed by atoms with Gasteiger partial charge in [-0.25, -0.2) is 9.78 Å². The average molecular weight is 564 g/mol. The molecule has 0 aliphatic carbocycles. The summed E-state index contributed by atoms with van der Waals surface area (Å²) < 4.78 is 10.2. The molecule has 0 saturated heterocycles. The van der Waals surface area contributed by atoms with E-state index < -0.39 is 11.1 Å².